The Morgan fingerprint density at radius 3 is 2.09 bits per heavy atom. The van der Waals surface area contributed by atoms with Crippen molar-refractivity contribution in [2.45, 2.75) is 0 Å². The van der Waals surface area contributed by atoms with Gasteiger partial charge in [0.05, 0.1) is 6.61 Å². The molecule has 0 saturated heterocycles. The highest BCUT2D eigenvalue weighted by Gasteiger charge is 1.99. The Kier molecular flexibility index (Phi) is 9.20. The normalized spacial score (nSPS) is 9.73. The Balaban J connectivity index is 0. The summed E-state index contributed by atoms with van der Waals surface area (Å²) in [6, 6.07) is 0. The molecule has 0 aromatic heterocycles. The quantitative estimate of drug-likeness (QED) is 0.469. The van der Waals surface area contributed by atoms with E-state index in [1.165, 1.54) is 6.08 Å². The summed E-state index contributed by atoms with van der Waals surface area (Å²) in [6.07, 6.45) is 1.22. The van der Waals surface area contributed by atoms with Gasteiger partial charge in [-0.25, -0.2) is 4.18 Å². The summed E-state index contributed by atoms with van der Waals surface area (Å²) < 4.78 is 31.0. The zero-order chi connectivity index (χ0) is 9.33. The van der Waals surface area contributed by atoms with Crippen LogP contribution in [-0.2, 0) is 14.6 Å². The first-order valence-electron chi connectivity index (χ1n) is 2.79. The summed E-state index contributed by atoms with van der Waals surface area (Å²) in [6.45, 7) is 2.97. The van der Waals surface area contributed by atoms with Gasteiger partial charge in [0.15, 0.2) is 0 Å². The molecule has 0 rings (SSSR count). The molecule has 0 bridgehead atoms. The molecule has 6 heteroatoms. The molecule has 0 radical (unpaired) electrons. The van der Waals surface area contributed by atoms with Crippen LogP contribution < -0.4 is 5.32 Å². The molecule has 5 nitrogen and oxygen atoms in total. The van der Waals surface area contributed by atoms with Crippen molar-refractivity contribution in [3.05, 3.63) is 12.7 Å². The fraction of sp³-hybridized carbons (Fsp3) is 0.600. The molecule has 0 spiro atoms. The first-order chi connectivity index (χ1) is 4.97. The fourth-order valence-electron chi connectivity index (χ4n) is 0.134. The zero-order valence-corrected chi connectivity index (χ0v) is 7.39. The predicted octanol–water partition coefficient (Wildman–Crippen LogP) is -0.173. The molecule has 0 fully saturated rings. The van der Waals surface area contributed by atoms with Crippen molar-refractivity contribution >= 4 is 10.4 Å². The lowest BCUT2D eigenvalue weighted by Gasteiger charge is -1.90. The van der Waals surface area contributed by atoms with E-state index in [1.807, 2.05) is 14.1 Å². The maximum Gasteiger partial charge on any atom is 0.397 e. The second-order valence-corrected chi connectivity index (χ2v) is 2.59. The largest absolute Gasteiger partial charge is 0.397 e. The van der Waals surface area contributed by atoms with E-state index in [0.29, 0.717) is 0 Å². The van der Waals surface area contributed by atoms with Gasteiger partial charge in [0.2, 0.25) is 0 Å². The molecule has 0 unspecified atom stereocenters. The van der Waals surface area contributed by atoms with Gasteiger partial charge in [-0.15, -0.1) is 6.58 Å². The second kappa shape index (κ2) is 7.67. The van der Waals surface area contributed by atoms with Gasteiger partial charge in [-0.1, -0.05) is 6.08 Å². The van der Waals surface area contributed by atoms with Gasteiger partial charge in [0.25, 0.3) is 0 Å². The summed E-state index contributed by atoms with van der Waals surface area (Å²) in [7, 11) is -0.508. The van der Waals surface area contributed by atoms with Crippen molar-refractivity contribution in [2.24, 2.45) is 0 Å². The van der Waals surface area contributed by atoms with Gasteiger partial charge in [0.1, 0.15) is 0 Å². The molecule has 0 aliphatic rings. The van der Waals surface area contributed by atoms with Crippen LogP contribution in [0.2, 0.25) is 0 Å². The van der Waals surface area contributed by atoms with E-state index in [9.17, 15) is 8.42 Å². The lowest BCUT2D eigenvalue weighted by molar-refractivity contribution is 0.296. The Morgan fingerprint density at radius 1 is 1.64 bits per heavy atom. The lowest BCUT2D eigenvalue weighted by Crippen LogP contribution is -2.02. The Morgan fingerprint density at radius 2 is 2.00 bits per heavy atom. The predicted molar refractivity (Wildman–Crippen MR) is 42.7 cm³/mol. The first-order valence-corrected chi connectivity index (χ1v) is 4.15. The molecular weight excluding hydrogens is 170 g/mol. The van der Waals surface area contributed by atoms with E-state index < -0.39 is 10.4 Å². The average Bonchev–Trinajstić information content (AvgIpc) is 1.84. The molecule has 0 heterocycles. The highest BCUT2D eigenvalue weighted by Crippen LogP contribution is 1.83. The van der Waals surface area contributed by atoms with Crippen LogP contribution in [0.5, 0.6) is 0 Å². The minimum atomic E-state index is -4.26. The molecule has 68 valence electrons. The number of hydrogen-bond acceptors (Lipinski definition) is 4. The summed E-state index contributed by atoms with van der Waals surface area (Å²) in [4.78, 5) is 0. The zero-order valence-electron chi connectivity index (χ0n) is 6.57. The lowest BCUT2D eigenvalue weighted by atomic mass is 10.7. The van der Waals surface area contributed by atoms with Crippen molar-refractivity contribution in [1.82, 2.24) is 5.32 Å². The van der Waals surface area contributed by atoms with Crippen LogP contribution in [-0.4, -0.2) is 33.7 Å². The van der Waals surface area contributed by atoms with Crippen LogP contribution in [0.3, 0.4) is 0 Å². The van der Waals surface area contributed by atoms with Crippen molar-refractivity contribution in [1.29, 1.82) is 0 Å². The van der Waals surface area contributed by atoms with Crippen LogP contribution in [0.1, 0.15) is 0 Å². The second-order valence-electron chi connectivity index (χ2n) is 1.50. The molecule has 0 saturated carbocycles. The molecule has 0 aromatic rings. The topological polar surface area (TPSA) is 75.6 Å². The van der Waals surface area contributed by atoms with Crippen LogP contribution >= 0.6 is 0 Å². The van der Waals surface area contributed by atoms with Crippen LogP contribution in [0.15, 0.2) is 12.7 Å². The Bertz CT molecular complexity index is 175. The smallest absolute Gasteiger partial charge is 0.323 e. The van der Waals surface area contributed by atoms with E-state index in [4.69, 9.17) is 4.55 Å². The van der Waals surface area contributed by atoms with Crippen molar-refractivity contribution in [2.75, 3.05) is 20.7 Å². The van der Waals surface area contributed by atoms with Gasteiger partial charge >= 0.3 is 10.4 Å². The average molecular weight is 183 g/mol. The summed E-state index contributed by atoms with van der Waals surface area (Å²) in [5.74, 6) is 0. The van der Waals surface area contributed by atoms with Gasteiger partial charge in [-0.05, 0) is 14.1 Å². The highest BCUT2D eigenvalue weighted by molar-refractivity contribution is 7.80. The van der Waals surface area contributed by atoms with Crippen molar-refractivity contribution in [3.8, 4) is 0 Å². The summed E-state index contributed by atoms with van der Waals surface area (Å²) in [5.41, 5.74) is 0. The van der Waals surface area contributed by atoms with E-state index in [-0.39, 0.29) is 6.61 Å². The van der Waals surface area contributed by atoms with Crippen molar-refractivity contribution in [3.63, 3.8) is 0 Å². The molecule has 0 aliphatic heterocycles. The standard InChI is InChI=1S/C3H6O4S.C2H7N/c1-2-3-7-8(4,5)6;1-3-2/h2H,1,3H2,(H,4,5,6);3H,1-2H3. The maximum atomic E-state index is 9.68. The summed E-state index contributed by atoms with van der Waals surface area (Å²) >= 11 is 0. The van der Waals surface area contributed by atoms with Gasteiger partial charge < -0.3 is 5.32 Å². The maximum absolute atomic E-state index is 9.68. The highest BCUT2D eigenvalue weighted by atomic mass is 32.3. The molecule has 0 amide bonds. The minimum Gasteiger partial charge on any atom is -0.323 e. The number of nitrogens with one attached hydrogen (secondary N) is 1. The Hall–Kier alpha value is -0.430. The molecule has 0 atom stereocenters. The Labute approximate surface area is 67.0 Å². The van der Waals surface area contributed by atoms with Crippen LogP contribution in [0.25, 0.3) is 0 Å². The van der Waals surface area contributed by atoms with Crippen molar-refractivity contribution < 1.29 is 17.2 Å². The number of rotatable bonds is 3. The van der Waals surface area contributed by atoms with E-state index in [2.05, 4.69) is 16.1 Å². The van der Waals surface area contributed by atoms with Gasteiger partial charge in [-0.3, -0.25) is 4.55 Å². The van der Waals surface area contributed by atoms with Gasteiger partial charge in [-0.2, -0.15) is 8.42 Å². The first kappa shape index (κ1) is 13.2. The van der Waals surface area contributed by atoms with E-state index >= 15 is 0 Å². The molecular formula is C5H13NO4S. The van der Waals surface area contributed by atoms with Crippen LogP contribution in [0.4, 0.5) is 0 Å². The third-order valence-corrected chi connectivity index (χ3v) is 0.769. The third kappa shape index (κ3) is 26.3. The molecule has 11 heavy (non-hydrogen) atoms. The molecule has 0 aliphatic carbocycles. The third-order valence-electron chi connectivity index (χ3n) is 0.335. The monoisotopic (exact) mass is 183 g/mol. The SMILES string of the molecule is C=CCOS(=O)(=O)O.CNC. The molecule has 0 aromatic carbocycles. The van der Waals surface area contributed by atoms with E-state index in [1.54, 1.807) is 0 Å². The minimum absolute atomic E-state index is 0.196. The van der Waals surface area contributed by atoms with Gasteiger partial charge in [0, 0.05) is 0 Å². The molecule has 2 N–H and O–H groups in total. The fourth-order valence-corrected chi connectivity index (χ4v) is 0.402. The van der Waals surface area contributed by atoms with E-state index in [0.717, 1.165) is 0 Å². The number of hydrogen-bond donors (Lipinski definition) is 2. The van der Waals surface area contributed by atoms with Crippen LogP contribution in [0, 0.1) is 0 Å². The summed E-state index contributed by atoms with van der Waals surface area (Å²) in [5, 5.41) is 2.75.